The van der Waals surface area contributed by atoms with Gasteiger partial charge in [-0.15, -0.1) is 24.8 Å². The summed E-state index contributed by atoms with van der Waals surface area (Å²) in [7, 11) is 0. The third-order valence-corrected chi connectivity index (χ3v) is 3.74. The zero-order chi connectivity index (χ0) is 14.5. The van der Waals surface area contributed by atoms with Crippen LogP contribution in [0.3, 0.4) is 0 Å². The van der Waals surface area contributed by atoms with Gasteiger partial charge in [-0.05, 0) is 43.6 Å². The Bertz CT molecular complexity index is 582. The van der Waals surface area contributed by atoms with Crippen LogP contribution in [-0.4, -0.2) is 33.8 Å². The first-order valence-corrected chi connectivity index (χ1v) is 7.24. The lowest BCUT2D eigenvalue weighted by atomic mass is 9.97. The van der Waals surface area contributed by atoms with E-state index in [4.69, 9.17) is 0 Å². The Morgan fingerprint density at radius 3 is 2.52 bits per heavy atom. The molecule has 1 amide bonds. The Morgan fingerprint density at radius 1 is 1.22 bits per heavy atom. The monoisotopic (exact) mass is 357 g/mol. The van der Waals surface area contributed by atoms with E-state index in [2.05, 4.69) is 20.7 Å². The molecule has 2 aromatic rings. The summed E-state index contributed by atoms with van der Waals surface area (Å²) in [4.78, 5) is 16.1. The van der Waals surface area contributed by atoms with Crippen LogP contribution in [0.2, 0.25) is 0 Å². The van der Waals surface area contributed by atoms with E-state index in [1.54, 1.807) is 11.0 Å². The van der Waals surface area contributed by atoms with Crippen LogP contribution in [-0.2, 0) is 11.3 Å². The van der Waals surface area contributed by atoms with E-state index in [1.807, 2.05) is 24.3 Å². The summed E-state index contributed by atoms with van der Waals surface area (Å²) in [5.41, 5.74) is 1.97. The van der Waals surface area contributed by atoms with Gasteiger partial charge in [-0.25, -0.2) is 9.67 Å². The van der Waals surface area contributed by atoms with Gasteiger partial charge in [0.2, 0.25) is 5.91 Å². The molecule has 1 aliphatic rings. The third-order valence-electron chi connectivity index (χ3n) is 3.74. The van der Waals surface area contributed by atoms with E-state index in [9.17, 15) is 4.79 Å². The molecule has 1 aromatic heterocycles. The number of rotatable bonds is 4. The van der Waals surface area contributed by atoms with Gasteiger partial charge in [-0.1, -0.05) is 12.1 Å². The van der Waals surface area contributed by atoms with Crippen LogP contribution < -0.4 is 10.6 Å². The number of amides is 1. The maximum atomic E-state index is 12.1. The Hall–Kier alpha value is -1.63. The molecule has 0 aliphatic carbocycles. The van der Waals surface area contributed by atoms with Crippen molar-refractivity contribution in [3.8, 4) is 0 Å². The van der Waals surface area contributed by atoms with Gasteiger partial charge in [0.05, 0.1) is 6.54 Å². The first kappa shape index (κ1) is 19.4. The summed E-state index contributed by atoms with van der Waals surface area (Å²) in [6.45, 7) is 2.53. The highest BCUT2D eigenvalue weighted by Crippen LogP contribution is 2.16. The molecule has 23 heavy (non-hydrogen) atoms. The summed E-state index contributed by atoms with van der Waals surface area (Å²) in [5, 5.41) is 10.3. The standard InChI is InChI=1S/C15H19N5O.2ClH/c21-15(13-5-7-16-8-6-13)19-14-3-1-12(2-4-14)9-20-11-17-10-18-20;;/h1-4,10-11,13,16H,5-9H2,(H,19,21);2*1H. The second-order valence-electron chi connectivity index (χ2n) is 5.30. The Morgan fingerprint density at radius 2 is 1.91 bits per heavy atom. The number of carbonyl (C=O) groups is 1. The van der Waals surface area contributed by atoms with Crippen molar-refractivity contribution in [1.29, 1.82) is 0 Å². The lowest BCUT2D eigenvalue weighted by Gasteiger charge is -2.21. The number of nitrogens with one attached hydrogen (secondary N) is 2. The minimum Gasteiger partial charge on any atom is -0.326 e. The molecule has 0 saturated carbocycles. The molecule has 8 heteroatoms. The van der Waals surface area contributed by atoms with Crippen LogP contribution >= 0.6 is 24.8 Å². The number of nitrogens with zero attached hydrogens (tertiary/aromatic N) is 3. The van der Waals surface area contributed by atoms with Gasteiger partial charge in [0.25, 0.3) is 0 Å². The molecular weight excluding hydrogens is 337 g/mol. The molecule has 0 atom stereocenters. The largest absolute Gasteiger partial charge is 0.326 e. The van der Waals surface area contributed by atoms with Crippen molar-refractivity contribution in [2.75, 3.05) is 18.4 Å². The second kappa shape index (κ2) is 9.50. The molecular formula is C15H21Cl2N5O. The van der Waals surface area contributed by atoms with Gasteiger partial charge < -0.3 is 10.6 Å². The first-order valence-electron chi connectivity index (χ1n) is 7.24. The maximum absolute atomic E-state index is 12.1. The molecule has 1 aliphatic heterocycles. The second-order valence-corrected chi connectivity index (χ2v) is 5.30. The number of aromatic nitrogens is 3. The zero-order valence-electron chi connectivity index (χ0n) is 12.6. The van der Waals surface area contributed by atoms with Crippen molar-refractivity contribution in [2.45, 2.75) is 19.4 Å². The van der Waals surface area contributed by atoms with Crippen LogP contribution in [0.25, 0.3) is 0 Å². The number of hydrogen-bond donors (Lipinski definition) is 2. The minimum atomic E-state index is 0. The van der Waals surface area contributed by atoms with Crippen molar-refractivity contribution in [2.24, 2.45) is 5.92 Å². The predicted octanol–water partition coefficient (Wildman–Crippen LogP) is 2.11. The summed E-state index contributed by atoms with van der Waals surface area (Å²) in [5.74, 6) is 0.251. The molecule has 3 rings (SSSR count). The van der Waals surface area contributed by atoms with Crippen molar-refractivity contribution in [3.05, 3.63) is 42.5 Å². The minimum absolute atomic E-state index is 0. The Labute approximate surface area is 147 Å². The van der Waals surface area contributed by atoms with Crippen LogP contribution in [0.1, 0.15) is 18.4 Å². The lowest BCUT2D eigenvalue weighted by Crippen LogP contribution is -2.34. The number of benzene rings is 1. The average Bonchev–Trinajstić information content (AvgIpc) is 3.03. The van der Waals surface area contributed by atoms with Crippen molar-refractivity contribution in [1.82, 2.24) is 20.1 Å². The summed E-state index contributed by atoms with van der Waals surface area (Å²) in [6, 6.07) is 7.87. The highest BCUT2D eigenvalue weighted by molar-refractivity contribution is 5.92. The number of halogens is 2. The fourth-order valence-electron chi connectivity index (χ4n) is 2.52. The highest BCUT2D eigenvalue weighted by atomic mass is 35.5. The molecule has 0 spiro atoms. The van der Waals surface area contributed by atoms with E-state index in [1.165, 1.54) is 6.33 Å². The van der Waals surface area contributed by atoms with Gasteiger partial charge in [-0.2, -0.15) is 5.10 Å². The molecule has 0 radical (unpaired) electrons. The lowest BCUT2D eigenvalue weighted by molar-refractivity contribution is -0.120. The molecule has 0 unspecified atom stereocenters. The van der Waals surface area contributed by atoms with Gasteiger partial charge in [0.1, 0.15) is 12.7 Å². The number of anilines is 1. The first-order chi connectivity index (χ1) is 10.3. The Balaban J connectivity index is 0.00000132. The van der Waals surface area contributed by atoms with Crippen molar-refractivity contribution in [3.63, 3.8) is 0 Å². The normalized spacial score (nSPS) is 14.4. The Kier molecular flexibility index (Phi) is 8.02. The maximum Gasteiger partial charge on any atom is 0.227 e. The van der Waals surface area contributed by atoms with E-state index in [0.717, 1.165) is 37.2 Å². The van der Waals surface area contributed by atoms with E-state index in [0.29, 0.717) is 6.54 Å². The van der Waals surface area contributed by atoms with Gasteiger partial charge >= 0.3 is 0 Å². The summed E-state index contributed by atoms with van der Waals surface area (Å²) in [6.07, 6.45) is 5.03. The zero-order valence-corrected chi connectivity index (χ0v) is 14.3. The molecule has 6 nitrogen and oxygen atoms in total. The summed E-state index contributed by atoms with van der Waals surface area (Å²) < 4.78 is 1.77. The molecule has 1 saturated heterocycles. The molecule has 0 bridgehead atoms. The number of hydrogen-bond acceptors (Lipinski definition) is 4. The van der Waals surface area contributed by atoms with Gasteiger partial charge in [0.15, 0.2) is 0 Å². The fourth-order valence-corrected chi connectivity index (χ4v) is 2.52. The highest BCUT2D eigenvalue weighted by Gasteiger charge is 2.20. The molecule has 2 N–H and O–H groups in total. The number of piperidine rings is 1. The topological polar surface area (TPSA) is 71.8 Å². The summed E-state index contributed by atoms with van der Waals surface area (Å²) >= 11 is 0. The van der Waals surface area contributed by atoms with E-state index >= 15 is 0 Å². The van der Waals surface area contributed by atoms with E-state index < -0.39 is 0 Å². The van der Waals surface area contributed by atoms with E-state index in [-0.39, 0.29) is 36.6 Å². The SMILES string of the molecule is Cl.Cl.O=C(Nc1ccc(Cn2cncn2)cc1)C1CCNCC1. The van der Waals surface area contributed by atoms with Crippen LogP contribution in [0, 0.1) is 5.92 Å². The molecule has 126 valence electrons. The smallest absolute Gasteiger partial charge is 0.227 e. The third kappa shape index (κ3) is 5.49. The predicted molar refractivity (Wildman–Crippen MR) is 94.3 cm³/mol. The fraction of sp³-hybridized carbons (Fsp3) is 0.400. The molecule has 1 fully saturated rings. The van der Waals surface area contributed by atoms with Crippen LogP contribution in [0.5, 0.6) is 0 Å². The van der Waals surface area contributed by atoms with Gasteiger partial charge in [0, 0.05) is 11.6 Å². The molecule has 1 aromatic carbocycles. The average molecular weight is 358 g/mol. The number of carbonyl (C=O) groups excluding carboxylic acids is 1. The quantitative estimate of drug-likeness (QED) is 0.878. The van der Waals surface area contributed by atoms with Crippen molar-refractivity contribution >= 4 is 36.4 Å². The van der Waals surface area contributed by atoms with Crippen LogP contribution in [0.15, 0.2) is 36.9 Å². The molecule has 2 heterocycles. The van der Waals surface area contributed by atoms with Crippen molar-refractivity contribution < 1.29 is 4.79 Å². The van der Waals surface area contributed by atoms with Crippen LogP contribution in [0.4, 0.5) is 5.69 Å². The van der Waals surface area contributed by atoms with Gasteiger partial charge in [-0.3, -0.25) is 4.79 Å².